The van der Waals surface area contributed by atoms with Crippen LogP contribution in [0.25, 0.3) is 0 Å². The lowest BCUT2D eigenvalue weighted by atomic mass is 10.1. The van der Waals surface area contributed by atoms with Crippen LogP contribution in [0.1, 0.15) is 28.4 Å². The molecule has 1 atom stereocenters. The molecule has 0 spiro atoms. The maximum absolute atomic E-state index is 12.6. The van der Waals surface area contributed by atoms with Crippen molar-refractivity contribution in [2.45, 2.75) is 31.0 Å². The maximum atomic E-state index is 12.6. The topological polar surface area (TPSA) is 87.7 Å². The number of para-hydroxylation sites is 1. The molecule has 0 saturated carbocycles. The molecular formula is C26H29N3O4S. The van der Waals surface area contributed by atoms with Crippen LogP contribution in [-0.4, -0.2) is 45.0 Å². The van der Waals surface area contributed by atoms with Crippen molar-refractivity contribution in [2.24, 2.45) is 0 Å². The molecule has 0 radical (unpaired) electrons. The largest absolute Gasteiger partial charge is 0.376 e. The third-order valence-electron chi connectivity index (χ3n) is 5.63. The van der Waals surface area contributed by atoms with Gasteiger partial charge in [0.05, 0.1) is 17.6 Å². The summed E-state index contributed by atoms with van der Waals surface area (Å²) in [5.41, 5.74) is 3.09. The number of sulfonamides is 1. The van der Waals surface area contributed by atoms with E-state index in [9.17, 15) is 13.2 Å². The molecule has 1 unspecified atom stereocenters. The van der Waals surface area contributed by atoms with Gasteiger partial charge in [-0.3, -0.25) is 14.4 Å². The SMILES string of the molecule is CC1CN(Cc2cccc(CNC(=O)c3ccc(S(=O)(=O)Nc4ccccc4)cc3)c2)CCO1. The number of benzene rings is 3. The number of morpholine rings is 1. The van der Waals surface area contributed by atoms with E-state index in [1.165, 1.54) is 29.8 Å². The highest BCUT2D eigenvalue weighted by atomic mass is 32.2. The first kappa shape index (κ1) is 23.9. The van der Waals surface area contributed by atoms with E-state index in [-0.39, 0.29) is 16.9 Å². The first-order valence-corrected chi connectivity index (χ1v) is 12.8. The summed E-state index contributed by atoms with van der Waals surface area (Å²) in [6.45, 7) is 5.90. The molecule has 0 aromatic heterocycles. The molecule has 1 aliphatic rings. The summed E-state index contributed by atoms with van der Waals surface area (Å²) in [7, 11) is -3.73. The Kier molecular flexibility index (Phi) is 7.62. The summed E-state index contributed by atoms with van der Waals surface area (Å²) in [5.74, 6) is -0.257. The number of anilines is 1. The van der Waals surface area contributed by atoms with E-state index in [4.69, 9.17) is 4.74 Å². The third-order valence-corrected chi connectivity index (χ3v) is 7.03. The van der Waals surface area contributed by atoms with Gasteiger partial charge in [-0.2, -0.15) is 0 Å². The predicted octanol–water partition coefficient (Wildman–Crippen LogP) is 3.64. The Balaban J connectivity index is 1.33. The van der Waals surface area contributed by atoms with Gasteiger partial charge in [-0.05, 0) is 54.4 Å². The van der Waals surface area contributed by atoms with E-state index >= 15 is 0 Å². The average molecular weight is 480 g/mol. The summed E-state index contributed by atoms with van der Waals surface area (Å²) in [4.78, 5) is 15.1. The summed E-state index contributed by atoms with van der Waals surface area (Å²) in [6, 6.07) is 22.8. The molecule has 7 nitrogen and oxygen atoms in total. The molecule has 0 bridgehead atoms. The van der Waals surface area contributed by atoms with Gasteiger partial charge in [-0.1, -0.05) is 42.5 Å². The molecule has 1 aliphatic heterocycles. The zero-order valence-electron chi connectivity index (χ0n) is 19.1. The minimum atomic E-state index is -3.73. The lowest BCUT2D eigenvalue weighted by molar-refractivity contribution is -0.0212. The Labute approximate surface area is 200 Å². The van der Waals surface area contributed by atoms with Crippen LogP contribution < -0.4 is 10.0 Å². The van der Waals surface area contributed by atoms with Gasteiger partial charge in [-0.25, -0.2) is 8.42 Å². The molecule has 1 heterocycles. The van der Waals surface area contributed by atoms with Crippen molar-refractivity contribution in [2.75, 3.05) is 24.4 Å². The number of hydrogen-bond donors (Lipinski definition) is 2. The zero-order valence-corrected chi connectivity index (χ0v) is 19.9. The molecule has 8 heteroatoms. The van der Waals surface area contributed by atoms with Crippen molar-refractivity contribution in [3.8, 4) is 0 Å². The summed E-state index contributed by atoms with van der Waals surface area (Å²) < 4.78 is 33.3. The fourth-order valence-corrected chi connectivity index (χ4v) is 4.98. The molecule has 34 heavy (non-hydrogen) atoms. The number of nitrogens with one attached hydrogen (secondary N) is 2. The minimum Gasteiger partial charge on any atom is -0.376 e. The van der Waals surface area contributed by atoms with Crippen LogP contribution >= 0.6 is 0 Å². The third kappa shape index (κ3) is 6.44. The van der Waals surface area contributed by atoms with Gasteiger partial charge in [0.25, 0.3) is 15.9 Å². The van der Waals surface area contributed by atoms with Crippen LogP contribution in [0.15, 0.2) is 83.8 Å². The van der Waals surface area contributed by atoms with Gasteiger partial charge >= 0.3 is 0 Å². The van der Waals surface area contributed by atoms with Crippen LogP contribution in [0.5, 0.6) is 0 Å². The number of ether oxygens (including phenoxy) is 1. The normalized spacial score (nSPS) is 16.7. The Morgan fingerprint density at radius 2 is 1.74 bits per heavy atom. The summed E-state index contributed by atoms with van der Waals surface area (Å²) >= 11 is 0. The van der Waals surface area contributed by atoms with E-state index in [1.807, 2.05) is 18.2 Å². The predicted molar refractivity (Wildman–Crippen MR) is 132 cm³/mol. The van der Waals surface area contributed by atoms with Crippen LogP contribution in [0, 0.1) is 0 Å². The van der Waals surface area contributed by atoms with Crippen LogP contribution in [-0.2, 0) is 27.8 Å². The second-order valence-corrected chi connectivity index (χ2v) is 10.1. The highest BCUT2D eigenvalue weighted by Crippen LogP contribution is 2.17. The van der Waals surface area contributed by atoms with Gasteiger partial charge in [0.2, 0.25) is 0 Å². The smallest absolute Gasteiger partial charge is 0.261 e. The molecule has 3 aromatic rings. The Morgan fingerprint density at radius 3 is 2.47 bits per heavy atom. The molecule has 178 valence electrons. The van der Waals surface area contributed by atoms with Crippen molar-refractivity contribution in [3.05, 3.63) is 95.6 Å². The van der Waals surface area contributed by atoms with Crippen molar-refractivity contribution in [3.63, 3.8) is 0 Å². The van der Waals surface area contributed by atoms with Gasteiger partial charge in [-0.15, -0.1) is 0 Å². The van der Waals surface area contributed by atoms with Crippen molar-refractivity contribution in [1.82, 2.24) is 10.2 Å². The van der Waals surface area contributed by atoms with Crippen LogP contribution in [0.4, 0.5) is 5.69 Å². The lowest BCUT2D eigenvalue weighted by Gasteiger charge is -2.31. The first-order valence-electron chi connectivity index (χ1n) is 11.3. The fraction of sp³-hybridized carbons (Fsp3) is 0.269. The Hall–Kier alpha value is -3.20. The van der Waals surface area contributed by atoms with Gasteiger partial charge < -0.3 is 10.1 Å². The second-order valence-electron chi connectivity index (χ2n) is 8.42. The Bertz CT molecular complexity index is 1210. The van der Waals surface area contributed by atoms with E-state index in [1.54, 1.807) is 24.3 Å². The van der Waals surface area contributed by atoms with E-state index in [0.717, 1.165) is 31.8 Å². The zero-order chi connectivity index (χ0) is 24.0. The minimum absolute atomic E-state index is 0.0954. The lowest BCUT2D eigenvalue weighted by Crippen LogP contribution is -2.40. The molecule has 4 rings (SSSR count). The second kappa shape index (κ2) is 10.8. The molecule has 3 aromatic carbocycles. The number of amides is 1. The van der Waals surface area contributed by atoms with E-state index in [0.29, 0.717) is 17.8 Å². The van der Waals surface area contributed by atoms with Gasteiger partial charge in [0, 0.05) is 37.4 Å². The van der Waals surface area contributed by atoms with E-state index in [2.05, 4.69) is 34.0 Å². The number of nitrogens with zero attached hydrogens (tertiary/aromatic N) is 1. The molecule has 1 fully saturated rings. The highest BCUT2D eigenvalue weighted by molar-refractivity contribution is 7.92. The average Bonchev–Trinajstić information content (AvgIpc) is 2.83. The summed E-state index contributed by atoms with van der Waals surface area (Å²) in [5, 5.41) is 2.91. The van der Waals surface area contributed by atoms with Crippen LogP contribution in [0.2, 0.25) is 0 Å². The molecule has 1 saturated heterocycles. The number of carbonyl (C=O) groups excluding carboxylic acids is 1. The van der Waals surface area contributed by atoms with Gasteiger partial charge in [0.1, 0.15) is 0 Å². The van der Waals surface area contributed by atoms with Gasteiger partial charge in [0.15, 0.2) is 0 Å². The Morgan fingerprint density at radius 1 is 1.00 bits per heavy atom. The molecule has 2 N–H and O–H groups in total. The quantitative estimate of drug-likeness (QED) is 0.515. The van der Waals surface area contributed by atoms with Crippen molar-refractivity contribution < 1.29 is 17.9 Å². The number of rotatable bonds is 8. The fourth-order valence-electron chi connectivity index (χ4n) is 3.92. The van der Waals surface area contributed by atoms with Crippen molar-refractivity contribution in [1.29, 1.82) is 0 Å². The number of carbonyl (C=O) groups is 1. The monoisotopic (exact) mass is 479 g/mol. The van der Waals surface area contributed by atoms with Crippen molar-refractivity contribution >= 4 is 21.6 Å². The summed E-state index contributed by atoms with van der Waals surface area (Å²) in [6.07, 6.45) is 0.242. The standard InChI is InChI=1S/C26H29N3O4S/c1-20-18-29(14-15-33-20)19-22-7-5-6-21(16-22)17-27-26(30)23-10-12-25(13-11-23)34(31,32)28-24-8-3-2-4-9-24/h2-13,16,20,28H,14-15,17-19H2,1H3,(H,27,30). The van der Waals surface area contributed by atoms with Crippen LogP contribution in [0.3, 0.4) is 0 Å². The molecule has 1 amide bonds. The number of hydrogen-bond acceptors (Lipinski definition) is 5. The maximum Gasteiger partial charge on any atom is 0.261 e. The molecular weight excluding hydrogens is 450 g/mol. The van der Waals surface area contributed by atoms with E-state index < -0.39 is 10.0 Å². The highest BCUT2D eigenvalue weighted by Gasteiger charge is 2.17. The first-order chi connectivity index (χ1) is 16.4. The molecule has 0 aliphatic carbocycles.